The number of aromatic nitrogens is 1. The van der Waals surface area contributed by atoms with Crippen molar-refractivity contribution >= 4 is 17.3 Å². The van der Waals surface area contributed by atoms with E-state index >= 15 is 0 Å². The summed E-state index contributed by atoms with van der Waals surface area (Å²) in [5.41, 5.74) is 0.841. The van der Waals surface area contributed by atoms with Crippen LogP contribution in [0.15, 0.2) is 12.3 Å². The third-order valence-corrected chi connectivity index (χ3v) is 3.61. The number of nitro groups is 1. The second kappa shape index (κ2) is 5.45. The molecule has 0 unspecified atom stereocenters. The molecule has 1 aliphatic carbocycles. The van der Waals surface area contributed by atoms with Gasteiger partial charge in [-0.25, -0.2) is 4.98 Å². The quantitative estimate of drug-likeness (QED) is 0.469. The number of pyridine rings is 1. The van der Waals surface area contributed by atoms with E-state index in [1.54, 1.807) is 12.3 Å². The van der Waals surface area contributed by atoms with Crippen molar-refractivity contribution in [3.05, 3.63) is 33.1 Å². The third-order valence-electron chi connectivity index (χ3n) is 3.32. The first-order valence-corrected chi connectivity index (χ1v) is 6.33. The third kappa shape index (κ3) is 3.16. The van der Waals surface area contributed by atoms with Gasteiger partial charge in [0.1, 0.15) is 0 Å². The Hall–Kier alpha value is -1.16. The molecule has 0 atom stereocenters. The van der Waals surface area contributed by atoms with Gasteiger partial charge >= 0.3 is 5.69 Å². The van der Waals surface area contributed by atoms with Crippen molar-refractivity contribution in [1.29, 1.82) is 0 Å². The molecule has 0 amide bonds. The zero-order valence-electron chi connectivity index (χ0n) is 9.56. The van der Waals surface area contributed by atoms with Crippen LogP contribution in [0, 0.1) is 16.0 Å². The molecule has 1 aromatic heterocycles. The summed E-state index contributed by atoms with van der Waals surface area (Å²) in [4.78, 5) is 14.2. The van der Waals surface area contributed by atoms with Gasteiger partial charge in [0.05, 0.1) is 4.92 Å². The van der Waals surface area contributed by atoms with E-state index in [0.717, 1.165) is 12.0 Å². The molecule has 1 aromatic rings. The van der Waals surface area contributed by atoms with Gasteiger partial charge in [-0.2, -0.15) is 0 Å². The van der Waals surface area contributed by atoms with Gasteiger partial charge in [0.25, 0.3) is 0 Å². The van der Waals surface area contributed by atoms with Crippen molar-refractivity contribution in [3.63, 3.8) is 0 Å². The maximum absolute atomic E-state index is 10.7. The number of halogens is 1. The minimum absolute atomic E-state index is 0.0256. The summed E-state index contributed by atoms with van der Waals surface area (Å²) in [6, 6.07) is 1.56. The number of rotatable bonds is 3. The van der Waals surface area contributed by atoms with Gasteiger partial charge in [-0.3, -0.25) is 10.1 Å². The molecule has 1 fully saturated rings. The summed E-state index contributed by atoms with van der Waals surface area (Å²) in [5, 5.41) is 10.7. The van der Waals surface area contributed by atoms with E-state index in [0.29, 0.717) is 5.92 Å². The number of hydrogen-bond acceptors (Lipinski definition) is 3. The molecule has 0 bridgehead atoms. The van der Waals surface area contributed by atoms with Crippen molar-refractivity contribution in [2.75, 3.05) is 0 Å². The van der Waals surface area contributed by atoms with Crippen LogP contribution in [0.25, 0.3) is 0 Å². The summed E-state index contributed by atoms with van der Waals surface area (Å²) in [7, 11) is 0. The Morgan fingerprint density at radius 1 is 1.41 bits per heavy atom. The van der Waals surface area contributed by atoms with Crippen LogP contribution in [-0.4, -0.2) is 9.91 Å². The van der Waals surface area contributed by atoms with Crippen LogP contribution in [0.3, 0.4) is 0 Å². The molecule has 0 aliphatic heterocycles. The fraction of sp³-hybridized carbons (Fsp3) is 0.583. The highest BCUT2D eigenvalue weighted by Crippen LogP contribution is 2.29. The summed E-state index contributed by atoms with van der Waals surface area (Å²) < 4.78 is 0. The molecule has 1 heterocycles. The molecule has 2 rings (SSSR count). The summed E-state index contributed by atoms with van der Waals surface area (Å²) in [5.74, 6) is 0.645. The van der Waals surface area contributed by atoms with Crippen LogP contribution in [0.2, 0.25) is 5.15 Å². The first-order valence-electron chi connectivity index (χ1n) is 5.95. The lowest BCUT2D eigenvalue weighted by Crippen LogP contribution is -2.09. The van der Waals surface area contributed by atoms with Crippen molar-refractivity contribution < 1.29 is 4.92 Å². The van der Waals surface area contributed by atoms with Gasteiger partial charge < -0.3 is 0 Å². The second-order valence-corrected chi connectivity index (χ2v) is 4.98. The highest BCUT2D eigenvalue weighted by molar-refractivity contribution is 6.31. The van der Waals surface area contributed by atoms with Gasteiger partial charge in [0, 0.05) is 12.3 Å². The second-order valence-electron chi connectivity index (χ2n) is 4.62. The Morgan fingerprint density at radius 3 is 2.76 bits per heavy atom. The fourth-order valence-electron chi connectivity index (χ4n) is 2.44. The maximum Gasteiger partial charge on any atom is 0.306 e. The SMILES string of the molecule is O=[N+]([O-])c1cc(CC2CCCCC2)cnc1Cl. The standard InChI is InChI=1S/C12H15ClN2O2/c13-12-11(15(16)17)7-10(8-14-12)6-9-4-2-1-3-5-9/h7-9H,1-6H2. The number of hydrogen-bond donors (Lipinski definition) is 0. The van der Waals surface area contributed by atoms with Crippen molar-refractivity contribution in [3.8, 4) is 0 Å². The minimum atomic E-state index is -0.473. The van der Waals surface area contributed by atoms with E-state index in [1.165, 1.54) is 32.1 Å². The fourth-order valence-corrected chi connectivity index (χ4v) is 2.61. The predicted molar refractivity (Wildman–Crippen MR) is 66.2 cm³/mol. The molecule has 0 N–H and O–H groups in total. The van der Waals surface area contributed by atoms with Crippen LogP contribution in [0.5, 0.6) is 0 Å². The topological polar surface area (TPSA) is 56.0 Å². The van der Waals surface area contributed by atoms with Crippen molar-refractivity contribution in [1.82, 2.24) is 4.98 Å². The Kier molecular flexibility index (Phi) is 3.94. The highest BCUT2D eigenvalue weighted by atomic mass is 35.5. The van der Waals surface area contributed by atoms with Crippen LogP contribution >= 0.6 is 11.6 Å². The zero-order valence-corrected chi connectivity index (χ0v) is 10.3. The molecule has 0 aromatic carbocycles. The minimum Gasteiger partial charge on any atom is -0.258 e. The van der Waals surface area contributed by atoms with Gasteiger partial charge in [-0.15, -0.1) is 0 Å². The van der Waals surface area contributed by atoms with E-state index in [2.05, 4.69) is 4.98 Å². The molecule has 1 saturated carbocycles. The molecule has 92 valence electrons. The van der Waals surface area contributed by atoms with Crippen LogP contribution in [-0.2, 0) is 6.42 Å². The number of nitrogens with zero attached hydrogens (tertiary/aromatic N) is 2. The van der Waals surface area contributed by atoms with Gasteiger partial charge in [0.2, 0.25) is 5.15 Å². The monoisotopic (exact) mass is 254 g/mol. The first kappa shape index (κ1) is 12.3. The van der Waals surface area contributed by atoms with E-state index < -0.39 is 4.92 Å². The summed E-state index contributed by atoms with van der Waals surface area (Å²) in [6.45, 7) is 0. The van der Waals surface area contributed by atoms with Crippen LogP contribution in [0.1, 0.15) is 37.7 Å². The molecular weight excluding hydrogens is 240 g/mol. The Labute approximate surface area is 105 Å². The lowest BCUT2D eigenvalue weighted by Gasteiger charge is -2.21. The van der Waals surface area contributed by atoms with Gasteiger partial charge in [-0.05, 0) is 17.9 Å². The van der Waals surface area contributed by atoms with Crippen LogP contribution < -0.4 is 0 Å². The molecule has 0 radical (unpaired) electrons. The molecule has 0 saturated heterocycles. The Balaban J connectivity index is 2.10. The Bertz CT molecular complexity index is 417. The maximum atomic E-state index is 10.7. The molecule has 0 spiro atoms. The van der Waals surface area contributed by atoms with Gasteiger partial charge in [0.15, 0.2) is 0 Å². The lowest BCUT2D eigenvalue weighted by atomic mass is 9.85. The summed E-state index contributed by atoms with van der Waals surface area (Å²) in [6.07, 6.45) is 8.83. The van der Waals surface area contributed by atoms with Gasteiger partial charge in [-0.1, -0.05) is 43.7 Å². The van der Waals surface area contributed by atoms with E-state index in [1.807, 2.05) is 0 Å². The normalized spacial score (nSPS) is 17.0. The van der Waals surface area contributed by atoms with E-state index in [-0.39, 0.29) is 10.8 Å². The molecule has 5 heteroatoms. The van der Waals surface area contributed by atoms with Crippen molar-refractivity contribution in [2.45, 2.75) is 38.5 Å². The molecule has 17 heavy (non-hydrogen) atoms. The highest BCUT2D eigenvalue weighted by Gasteiger charge is 2.18. The Morgan fingerprint density at radius 2 is 2.12 bits per heavy atom. The molecule has 4 nitrogen and oxygen atoms in total. The smallest absolute Gasteiger partial charge is 0.258 e. The molecule has 1 aliphatic rings. The van der Waals surface area contributed by atoms with Crippen LogP contribution in [0.4, 0.5) is 5.69 Å². The van der Waals surface area contributed by atoms with E-state index in [4.69, 9.17) is 11.6 Å². The lowest BCUT2D eigenvalue weighted by molar-refractivity contribution is -0.385. The van der Waals surface area contributed by atoms with Crippen molar-refractivity contribution in [2.24, 2.45) is 5.92 Å². The summed E-state index contributed by atoms with van der Waals surface area (Å²) >= 11 is 5.68. The predicted octanol–water partition coefficient (Wildman–Crippen LogP) is 3.77. The average molecular weight is 255 g/mol. The molecular formula is C12H15ClN2O2. The first-order chi connectivity index (χ1) is 8.16. The largest absolute Gasteiger partial charge is 0.306 e. The zero-order chi connectivity index (χ0) is 12.3. The van der Waals surface area contributed by atoms with E-state index in [9.17, 15) is 10.1 Å². The average Bonchev–Trinajstić information content (AvgIpc) is 2.32.